The van der Waals surface area contributed by atoms with E-state index in [0.29, 0.717) is 11.9 Å². The molecule has 7 heteroatoms. The van der Waals surface area contributed by atoms with Crippen LogP contribution in [0, 0.1) is 0 Å². The molecule has 2 N–H and O–H groups in total. The third-order valence-corrected chi connectivity index (χ3v) is 5.20. The Labute approximate surface area is 165 Å². The first-order valence-corrected chi connectivity index (χ1v) is 9.83. The van der Waals surface area contributed by atoms with Crippen LogP contribution in [0.2, 0.25) is 0 Å². The maximum Gasteiger partial charge on any atom is 0.407 e. The van der Waals surface area contributed by atoms with Crippen molar-refractivity contribution < 1.29 is 9.53 Å². The van der Waals surface area contributed by atoms with Gasteiger partial charge in [0.05, 0.1) is 0 Å². The molecule has 1 aliphatic carbocycles. The molecule has 1 aliphatic rings. The van der Waals surface area contributed by atoms with Gasteiger partial charge in [-0.05, 0) is 68.4 Å². The molecule has 0 aliphatic heterocycles. The first-order valence-electron chi connectivity index (χ1n) is 9.38. The van der Waals surface area contributed by atoms with E-state index in [4.69, 9.17) is 4.74 Å². The van der Waals surface area contributed by atoms with Crippen molar-refractivity contribution in [3.63, 3.8) is 0 Å². The number of nitrogens with one attached hydrogen (secondary N) is 2. The third kappa shape index (κ3) is 5.60. The lowest BCUT2D eigenvalue weighted by molar-refractivity contribution is 0.0975. The van der Waals surface area contributed by atoms with Crippen LogP contribution in [0.4, 0.5) is 16.4 Å². The molecule has 1 aromatic heterocycles. The Morgan fingerprint density at radius 1 is 1.26 bits per heavy atom. The lowest BCUT2D eigenvalue weighted by Gasteiger charge is -2.16. The van der Waals surface area contributed by atoms with Crippen LogP contribution in [0.1, 0.15) is 51.0 Å². The Bertz CT molecular complexity index is 752. The number of aromatic nitrogens is 2. The number of carbonyl (C=O) groups is 1. The van der Waals surface area contributed by atoms with Crippen LogP contribution < -0.4 is 10.6 Å². The summed E-state index contributed by atoms with van der Waals surface area (Å²) in [5.41, 5.74) is 2.00. The van der Waals surface area contributed by atoms with Crippen LogP contribution in [-0.4, -0.2) is 28.2 Å². The summed E-state index contributed by atoms with van der Waals surface area (Å²) in [6, 6.07) is 7.82. The molecule has 1 aromatic carbocycles. The van der Waals surface area contributed by atoms with E-state index in [0.717, 1.165) is 41.8 Å². The van der Waals surface area contributed by atoms with E-state index in [2.05, 4.69) is 33.2 Å². The Kier molecular flexibility index (Phi) is 6.55. The Morgan fingerprint density at radius 3 is 2.63 bits per heavy atom. The van der Waals surface area contributed by atoms with E-state index in [1.54, 1.807) is 0 Å². The minimum atomic E-state index is -0.321. The molecule has 3 unspecified atom stereocenters. The number of hydrogen-bond donors (Lipinski definition) is 3. The summed E-state index contributed by atoms with van der Waals surface area (Å²) >= 11 is 4.28. The highest BCUT2D eigenvalue weighted by atomic mass is 32.1. The van der Waals surface area contributed by atoms with Gasteiger partial charge >= 0.3 is 6.09 Å². The average Bonchev–Trinajstić information content (AvgIpc) is 3.12. The summed E-state index contributed by atoms with van der Waals surface area (Å²) in [6.45, 7) is 4.00. The molecule has 0 spiro atoms. The molecule has 3 atom stereocenters. The van der Waals surface area contributed by atoms with Gasteiger partial charge in [-0.3, -0.25) is 0 Å². The van der Waals surface area contributed by atoms with Crippen LogP contribution in [0.25, 0.3) is 0 Å². The Morgan fingerprint density at radius 2 is 1.96 bits per heavy atom. The molecular formula is C20H26N4O2S. The molecule has 0 saturated heterocycles. The molecule has 144 valence electrons. The number of hydrogen-bond acceptors (Lipinski definition) is 6. The van der Waals surface area contributed by atoms with Gasteiger partial charge in [-0.2, -0.15) is 0 Å². The van der Waals surface area contributed by atoms with Crippen molar-refractivity contribution in [1.29, 1.82) is 0 Å². The number of anilines is 2. The molecule has 1 saturated carbocycles. The van der Waals surface area contributed by atoms with Gasteiger partial charge < -0.3 is 15.4 Å². The van der Waals surface area contributed by atoms with Gasteiger partial charge in [0.1, 0.15) is 6.10 Å². The van der Waals surface area contributed by atoms with Gasteiger partial charge in [-0.1, -0.05) is 6.92 Å². The minimum absolute atomic E-state index is 0.0448. The van der Waals surface area contributed by atoms with Crippen LogP contribution in [0.3, 0.4) is 0 Å². The number of rotatable bonds is 6. The van der Waals surface area contributed by atoms with Crippen molar-refractivity contribution in [2.75, 3.05) is 5.32 Å². The predicted octanol–water partition coefficient (Wildman–Crippen LogP) is 4.67. The molecule has 1 heterocycles. The summed E-state index contributed by atoms with van der Waals surface area (Å²) in [5.74, 6) is 0.883. The van der Waals surface area contributed by atoms with Crippen molar-refractivity contribution in [1.82, 2.24) is 15.3 Å². The maximum absolute atomic E-state index is 11.9. The van der Waals surface area contributed by atoms with Crippen LogP contribution in [0.5, 0.6) is 0 Å². The molecule has 0 bridgehead atoms. The van der Waals surface area contributed by atoms with Gasteiger partial charge in [-0.15, -0.1) is 12.6 Å². The van der Waals surface area contributed by atoms with Crippen molar-refractivity contribution in [2.24, 2.45) is 0 Å². The van der Waals surface area contributed by atoms with Crippen LogP contribution >= 0.6 is 12.6 Å². The second-order valence-corrected chi connectivity index (χ2v) is 7.52. The first kappa shape index (κ1) is 19.5. The first-order chi connectivity index (χ1) is 13.0. The van der Waals surface area contributed by atoms with Crippen molar-refractivity contribution in [2.45, 2.75) is 62.5 Å². The predicted molar refractivity (Wildman–Crippen MR) is 109 cm³/mol. The van der Waals surface area contributed by atoms with Gasteiger partial charge in [0, 0.05) is 29.0 Å². The van der Waals surface area contributed by atoms with Crippen LogP contribution in [0.15, 0.2) is 41.6 Å². The average molecular weight is 387 g/mol. The fourth-order valence-electron chi connectivity index (χ4n) is 3.13. The standard InChI is InChI=1S/C20H26N4O2S/c1-3-13(2)23-20(25)26-17-7-4-14(10-17)15-11-21-19(22-12-15)24-16-5-8-18(27)9-6-16/h5-6,8-9,11-14,17,27H,3-4,7,10H2,1-2H3,(H,23,25)(H,21,22,24). The number of nitrogens with zero attached hydrogens (tertiary/aromatic N) is 2. The zero-order valence-electron chi connectivity index (χ0n) is 15.7. The zero-order valence-corrected chi connectivity index (χ0v) is 16.6. The van der Waals surface area contributed by atoms with Crippen molar-refractivity contribution in [3.8, 4) is 0 Å². The summed E-state index contributed by atoms with van der Waals surface area (Å²) in [4.78, 5) is 21.6. The Balaban J connectivity index is 1.52. The Hall–Kier alpha value is -2.28. The van der Waals surface area contributed by atoms with Gasteiger partial charge in [0.2, 0.25) is 5.95 Å². The quantitative estimate of drug-likeness (QED) is 0.629. The van der Waals surface area contributed by atoms with Crippen molar-refractivity contribution in [3.05, 3.63) is 42.2 Å². The van der Waals surface area contributed by atoms with Crippen LogP contribution in [-0.2, 0) is 4.74 Å². The van der Waals surface area contributed by atoms with E-state index in [1.165, 1.54) is 0 Å². The zero-order chi connectivity index (χ0) is 19.2. The molecule has 6 nitrogen and oxygen atoms in total. The maximum atomic E-state index is 11.9. The largest absolute Gasteiger partial charge is 0.446 e. The lowest BCUT2D eigenvalue weighted by atomic mass is 10.0. The minimum Gasteiger partial charge on any atom is -0.446 e. The summed E-state index contributed by atoms with van der Waals surface area (Å²) in [7, 11) is 0. The summed E-state index contributed by atoms with van der Waals surface area (Å²) < 4.78 is 5.54. The van der Waals surface area contributed by atoms with Gasteiger partial charge in [0.15, 0.2) is 0 Å². The smallest absolute Gasteiger partial charge is 0.407 e. The number of thiol groups is 1. The molecule has 2 aromatic rings. The van der Waals surface area contributed by atoms with E-state index in [-0.39, 0.29) is 18.2 Å². The normalized spacial score (nSPS) is 20.1. The topological polar surface area (TPSA) is 76.1 Å². The second-order valence-electron chi connectivity index (χ2n) is 7.00. The van der Waals surface area contributed by atoms with Gasteiger partial charge in [0.25, 0.3) is 0 Å². The van der Waals surface area contributed by atoms with E-state index in [9.17, 15) is 4.79 Å². The number of benzene rings is 1. The van der Waals surface area contributed by atoms with E-state index < -0.39 is 0 Å². The van der Waals surface area contributed by atoms with Crippen molar-refractivity contribution >= 4 is 30.4 Å². The highest BCUT2D eigenvalue weighted by molar-refractivity contribution is 7.80. The number of amides is 1. The molecule has 3 rings (SSSR count). The molecule has 27 heavy (non-hydrogen) atoms. The third-order valence-electron chi connectivity index (χ3n) is 4.90. The molecule has 1 amide bonds. The summed E-state index contributed by atoms with van der Waals surface area (Å²) in [5, 5.41) is 6.02. The fraction of sp³-hybridized carbons (Fsp3) is 0.450. The highest BCUT2D eigenvalue weighted by Gasteiger charge is 2.29. The highest BCUT2D eigenvalue weighted by Crippen LogP contribution is 2.35. The SMILES string of the molecule is CCC(C)NC(=O)OC1CCC(c2cnc(Nc3ccc(S)cc3)nc2)C1. The lowest BCUT2D eigenvalue weighted by Crippen LogP contribution is -2.34. The van der Waals surface area contributed by atoms with Gasteiger partial charge in [-0.25, -0.2) is 14.8 Å². The monoisotopic (exact) mass is 386 g/mol. The van der Waals surface area contributed by atoms with E-state index >= 15 is 0 Å². The number of ether oxygens (including phenoxy) is 1. The molecule has 0 radical (unpaired) electrons. The molecular weight excluding hydrogens is 360 g/mol. The molecule has 1 fully saturated rings. The second kappa shape index (κ2) is 9.08. The number of carbonyl (C=O) groups excluding carboxylic acids is 1. The number of alkyl carbamates (subject to hydrolysis) is 1. The fourth-order valence-corrected chi connectivity index (χ4v) is 3.27. The summed E-state index contributed by atoms with van der Waals surface area (Å²) in [6.07, 6.45) is 6.89. The van der Waals surface area contributed by atoms with E-state index in [1.807, 2.05) is 50.5 Å².